The van der Waals surface area contributed by atoms with E-state index in [-0.39, 0.29) is 18.1 Å². The second kappa shape index (κ2) is 11.8. The highest BCUT2D eigenvalue weighted by Crippen LogP contribution is 2.40. The highest BCUT2D eigenvalue weighted by molar-refractivity contribution is 8.18. The van der Waals surface area contributed by atoms with E-state index in [1.54, 1.807) is 42.5 Å². The third kappa shape index (κ3) is 6.13. The Kier molecular flexibility index (Phi) is 8.75. The largest absolute Gasteiger partial charge is 0.490 e. The first-order valence-electron chi connectivity index (χ1n) is 10.8. The lowest BCUT2D eigenvalue weighted by molar-refractivity contribution is -0.123. The minimum absolute atomic E-state index is 0.0395. The van der Waals surface area contributed by atoms with Crippen LogP contribution in [0, 0.1) is 0 Å². The van der Waals surface area contributed by atoms with Crippen molar-refractivity contribution >= 4 is 75.4 Å². The van der Waals surface area contributed by atoms with Crippen LogP contribution in [0.2, 0.25) is 20.1 Å². The number of hydrogen-bond acceptors (Lipinski definition) is 5. The van der Waals surface area contributed by atoms with Gasteiger partial charge in [0.05, 0.1) is 23.1 Å². The van der Waals surface area contributed by atoms with Crippen LogP contribution in [0.5, 0.6) is 11.5 Å². The van der Waals surface area contributed by atoms with Crippen molar-refractivity contribution < 1.29 is 19.1 Å². The van der Waals surface area contributed by atoms with Crippen LogP contribution >= 0.6 is 58.2 Å². The molecule has 10 heteroatoms. The SMILES string of the molecule is CCOc1cc(/C=C2\SC(=O)N(Cc3ccc(Cl)cc3Cl)C2=O)cc(Cl)c1OCc1ccccc1Cl. The summed E-state index contributed by atoms with van der Waals surface area (Å²) in [6, 6.07) is 15.6. The maximum atomic E-state index is 13.0. The van der Waals surface area contributed by atoms with Crippen LogP contribution in [0.1, 0.15) is 23.6 Å². The maximum Gasteiger partial charge on any atom is 0.293 e. The first-order valence-corrected chi connectivity index (χ1v) is 13.1. The summed E-state index contributed by atoms with van der Waals surface area (Å²) >= 11 is 25.8. The fourth-order valence-corrected chi connectivity index (χ4v) is 5.22. The number of rotatable bonds is 8. The fraction of sp³-hybridized carbons (Fsp3) is 0.154. The van der Waals surface area contributed by atoms with Crippen molar-refractivity contribution in [3.8, 4) is 11.5 Å². The monoisotopic (exact) mass is 581 g/mol. The van der Waals surface area contributed by atoms with Crippen LogP contribution in [-0.2, 0) is 17.9 Å². The quantitative estimate of drug-likeness (QED) is 0.249. The number of hydrogen-bond donors (Lipinski definition) is 0. The molecule has 1 fully saturated rings. The van der Waals surface area contributed by atoms with E-state index < -0.39 is 11.1 Å². The number of benzene rings is 3. The Hall–Kier alpha value is -2.35. The Morgan fingerprint density at radius 1 is 0.889 bits per heavy atom. The normalized spacial score (nSPS) is 14.6. The van der Waals surface area contributed by atoms with Crippen LogP contribution < -0.4 is 9.47 Å². The van der Waals surface area contributed by atoms with E-state index in [0.29, 0.717) is 49.3 Å². The van der Waals surface area contributed by atoms with Crippen molar-refractivity contribution in [2.75, 3.05) is 6.61 Å². The third-order valence-corrected chi connectivity index (χ3v) is 7.32. The molecule has 4 rings (SSSR count). The molecule has 36 heavy (non-hydrogen) atoms. The van der Waals surface area contributed by atoms with Crippen LogP contribution in [0.3, 0.4) is 0 Å². The van der Waals surface area contributed by atoms with Crippen LogP contribution in [-0.4, -0.2) is 22.7 Å². The Morgan fingerprint density at radius 2 is 1.67 bits per heavy atom. The second-order valence-electron chi connectivity index (χ2n) is 7.65. The number of thioether (sulfide) groups is 1. The molecule has 0 aromatic heterocycles. The van der Waals surface area contributed by atoms with E-state index in [0.717, 1.165) is 22.2 Å². The van der Waals surface area contributed by atoms with Gasteiger partial charge in [0.15, 0.2) is 11.5 Å². The van der Waals surface area contributed by atoms with Crippen LogP contribution in [0.15, 0.2) is 59.5 Å². The smallest absolute Gasteiger partial charge is 0.293 e. The van der Waals surface area contributed by atoms with Gasteiger partial charge in [0.1, 0.15) is 6.61 Å². The number of carbonyl (C=O) groups excluding carboxylic acids is 2. The summed E-state index contributed by atoms with van der Waals surface area (Å²) in [6.45, 7) is 2.45. The average molecular weight is 583 g/mol. The lowest BCUT2D eigenvalue weighted by Crippen LogP contribution is -2.27. The molecule has 0 atom stereocenters. The molecule has 0 spiro atoms. The first-order chi connectivity index (χ1) is 17.3. The molecule has 1 aliphatic rings. The predicted octanol–water partition coefficient (Wildman–Crippen LogP) is 8.51. The zero-order valence-electron chi connectivity index (χ0n) is 18.9. The van der Waals surface area contributed by atoms with Gasteiger partial charge in [0, 0.05) is 20.6 Å². The van der Waals surface area contributed by atoms with Gasteiger partial charge in [-0.15, -0.1) is 0 Å². The van der Waals surface area contributed by atoms with Gasteiger partial charge < -0.3 is 9.47 Å². The number of imide groups is 1. The zero-order valence-corrected chi connectivity index (χ0v) is 22.7. The van der Waals surface area contributed by atoms with Gasteiger partial charge in [-0.25, -0.2) is 0 Å². The Bertz CT molecular complexity index is 1360. The molecule has 1 aliphatic heterocycles. The molecule has 3 aromatic carbocycles. The van der Waals surface area contributed by atoms with Gasteiger partial charge in [-0.1, -0.05) is 70.7 Å². The summed E-state index contributed by atoms with van der Waals surface area (Å²) in [7, 11) is 0. The standard InChI is InChI=1S/C26H19Cl4NO4S/c1-2-34-22-10-15(9-21(30)24(22)35-14-17-5-3-4-6-19(17)28)11-23-25(32)31(26(33)36-23)13-16-7-8-18(27)12-20(16)29/h3-12H,2,13-14H2,1H3/b23-11-. The van der Waals surface area contributed by atoms with Crippen molar-refractivity contribution in [3.63, 3.8) is 0 Å². The number of halogens is 4. The van der Waals surface area contributed by atoms with E-state index in [2.05, 4.69) is 0 Å². The van der Waals surface area contributed by atoms with Crippen molar-refractivity contribution in [1.29, 1.82) is 0 Å². The van der Waals surface area contributed by atoms with E-state index in [4.69, 9.17) is 55.9 Å². The van der Waals surface area contributed by atoms with Gasteiger partial charge in [-0.3, -0.25) is 14.5 Å². The molecule has 0 bridgehead atoms. The Balaban J connectivity index is 1.56. The topological polar surface area (TPSA) is 55.8 Å². The lowest BCUT2D eigenvalue weighted by atomic mass is 10.1. The van der Waals surface area contributed by atoms with Crippen LogP contribution in [0.4, 0.5) is 4.79 Å². The summed E-state index contributed by atoms with van der Waals surface area (Å²) < 4.78 is 11.7. The van der Waals surface area contributed by atoms with Crippen molar-refractivity contribution in [2.24, 2.45) is 0 Å². The first kappa shape index (κ1) is 26.7. The number of carbonyl (C=O) groups is 2. The highest BCUT2D eigenvalue weighted by atomic mass is 35.5. The molecule has 3 aromatic rings. The molecule has 0 unspecified atom stereocenters. The van der Waals surface area contributed by atoms with Crippen molar-refractivity contribution in [3.05, 3.63) is 96.3 Å². The second-order valence-corrected chi connectivity index (χ2v) is 10.3. The summed E-state index contributed by atoms with van der Waals surface area (Å²) in [5.41, 5.74) is 2.01. The lowest BCUT2D eigenvalue weighted by Gasteiger charge is -2.15. The van der Waals surface area contributed by atoms with E-state index in [1.807, 2.05) is 25.1 Å². The molecule has 1 heterocycles. The summed E-state index contributed by atoms with van der Waals surface area (Å²) in [5.74, 6) is 0.348. The number of nitrogens with zero attached hydrogens (tertiary/aromatic N) is 1. The molecule has 186 valence electrons. The van der Waals surface area contributed by atoms with Crippen molar-refractivity contribution in [2.45, 2.75) is 20.1 Å². The highest BCUT2D eigenvalue weighted by Gasteiger charge is 2.35. The molecule has 0 N–H and O–H groups in total. The van der Waals surface area contributed by atoms with Gasteiger partial charge >= 0.3 is 0 Å². The number of ether oxygens (including phenoxy) is 2. The third-order valence-electron chi connectivity index (χ3n) is 5.18. The Morgan fingerprint density at radius 3 is 2.39 bits per heavy atom. The van der Waals surface area contributed by atoms with Crippen molar-refractivity contribution in [1.82, 2.24) is 4.90 Å². The summed E-state index contributed by atoms with van der Waals surface area (Å²) in [5, 5.41) is 1.34. The van der Waals surface area contributed by atoms with Gasteiger partial charge in [-0.05, 0) is 66.2 Å². The molecule has 0 saturated carbocycles. The van der Waals surface area contributed by atoms with E-state index in [9.17, 15) is 9.59 Å². The predicted molar refractivity (Wildman–Crippen MR) is 146 cm³/mol. The van der Waals surface area contributed by atoms with Crippen LogP contribution in [0.25, 0.3) is 6.08 Å². The van der Waals surface area contributed by atoms with Gasteiger partial charge in [0.25, 0.3) is 11.1 Å². The number of amides is 2. The summed E-state index contributed by atoms with van der Waals surface area (Å²) in [4.78, 5) is 27.0. The molecular weight excluding hydrogens is 564 g/mol. The van der Waals surface area contributed by atoms with Gasteiger partial charge in [-0.2, -0.15) is 0 Å². The zero-order chi connectivity index (χ0) is 25.8. The molecule has 0 radical (unpaired) electrons. The minimum atomic E-state index is -0.427. The molecular formula is C26H19Cl4NO4S. The fourth-order valence-electron chi connectivity index (χ4n) is 3.45. The molecule has 1 saturated heterocycles. The Labute approximate surface area is 232 Å². The minimum Gasteiger partial charge on any atom is -0.490 e. The molecule has 2 amide bonds. The van der Waals surface area contributed by atoms with E-state index >= 15 is 0 Å². The summed E-state index contributed by atoms with van der Waals surface area (Å²) in [6.07, 6.45) is 1.60. The van der Waals surface area contributed by atoms with E-state index in [1.165, 1.54) is 0 Å². The molecule has 5 nitrogen and oxygen atoms in total. The average Bonchev–Trinajstić information content (AvgIpc) is 3.08. The molecule has 0 aliphatic carbocycles. The van der Waals surface area contributed by atoms with Gasteiger partial charge in [0.2, 0.25) is 0 Å². The maximum absolute atomic E-state index is 13.0.